The van der Waals surface area contributed by atoms with Gasteiger partial charge in [0.2, 0.25) is 15.9 Å². The van der Waals surface area contributed by atoms with E-state index in [1.807, 2.05) is 38.1 Å². The summed E-state index contributed by atoms with van der Waals surface area (Å²) >= 11 is 0. The van der Waals surface area contributed by atoms with Crippen molar-refractivity contribution in [2.45, 2.75) is 31.6 Å². The van der Waals surface area contributed by atoms with E-state index >= 15 is 0 Å². The summed E-state index contributed by atoms with van der Waals surface area (Å²) in [7, 11) is -3.57. The van der Waals surface area contributed by atoms with Gasteiger partial charge in [-0.1, -0.05) is 29.8 Å². The van der Waals surface area contributed by atoms with Crippen LogP contribution in [0.15, 0.2) is 53.4 Å². The quantitative estimate of drug-likeness (QED) is 0.895. The summed E-state index contributed by atoms with van der Waals surface area (Å²) in [5.41, 5.74) is 2.82. The molecular weight excluding hydrogens is 348 g/mol. The van der Waals surface area contributed by atoms with Gasteiger partial charge in [0.15, 0.2) is 0 Å². The number of nitrogens with zero attached hydrogens (tertiary/aromatic N) is 1. The molecular formula is C20H24N2O3S. The second-order valence-corrected chi connectivity index (χ2v) is 8.81. The second-order valence-electron chi connectivity index (χ2n) is 6.87. The van der Waals surface area contributed by atoms with Gasteiger partial charge in [0.1, 0.15) is 0 Å². The van der Waals surface area contributed by atoms with Crippen LogP contribution in [0.5, 0.6) is 0 Å². The van der Waals surface area contributed by atoms with Crippen LogP contribution in [-0.4, -0.2) is 31.7 Å². The summed E-state index contributed by atoms with van der Waals surface area (Å²) < 4.78 is 27.2. The van der Waals surface area contributed by atoms with Gasteiger partial charge in [-0.3, -0.25) is 4.79 Å². The third-order valence-corrected chi connectivity index (χ3v) is 6.58. The number of amides is 1. The number of carbonyl (C=O) groups excluding carboxylic acids is 1. The largest absolute Gasteiger partial charge is 0.326 e. The molecule has 0 spiro atoms. The molecule has 1 heterocycles. The first-order valence-corrected chi connectivity index (χ1v) is 10.2. The van der Waals surface area contributed by atoms with Crippen LogP contribution >= 0.6 is 0 Å². The fraction of sp³-hybridized carbons (Fsp3) is 0.350. The third kappa shape index (κ3) is 4.14. The number of hydrogen-bond acceptors (Lipinski definition) is 3. The van der Waals surface area contributed by atoms with E-state index in [1.54, 1.807) is 24.3 Å². The van der Waals surface area contributed by atoms with Crippen LogP contribution in [0.25, 0.3) is 0 Å². The summed E-state index contributed by atoms with van der Waals surface area (Å²) in [5.74, 6) is -0.469. The van der Waals surface area contributed by atoms with Crippen LogP contribution in [0.2, 0.25) is 0 Å². The number of piperidine rings is 1. The zero-order valence-corrected chi connectivity index (χ0v) is 15.9. The Bertz CT molecular complexity index is 892. The molecule has 5 nitrogen and oxygen atoms in total. The first kappa shape index (κ1) is 18.6. The van der Waals surface area contributed by atoms with Gasteiger partial charge in [0.25, 0.3) is 0 Å². The summed E-state index contributed by atoms with van der Waals surface area (Å²) in [4.78, 5) is 12.9. The maximum absolute atomic E-state index is 12.9. The van der Waals surface area contributed by atoms with Crippen molar-refractivity contribution in [3.8, 4) is 0 Å². The predicted molar refractivity (Wildman–Crippen MR) is 102 cm³/mol. The Morgan fingerprint density at radius 2 is 1.81 bits per heavy atom. The van der Waals surface area contributed by atoms with Crippen LogP contribution in [0.1, 0.15) is 24.0 Å². The SMILES string of the molecule is Cc1ccc(S(=O)(=O)N2CCC[C@H](C(=O)Nc3cccc(C)c3)C2)cc1. The maximum atomic E-state index is 12.9. The van der Waals surface area contributed by atoms with Crippen molar-refractivity contribution in [1.29, 1.82) is 0 Å². The molecule has 0 aliphatic carbocycles. The highest BCUT2D eigenvalue weighted by atomic mass is 32.2. The number of benzene rings is 2. The lowest BCUT2D eigenvalue weighted by molar-refractivity contribution is -0.120. The first-order chi connectivity index (χ1) is 12.4. The Morgan fingerprint density at radius 1 is 1.08 bits per heavy atom. The van der Waals surface area contributed by atoms with Crippen molar-refractivity contribution in [1.82, 2.24) is 4.31 Å². The Morgan fingerprint density at radius 3 is 2.50 bits per heavy atom. The zero-order valence-electron chi connectivity index (χ0n) is 15.1. The fourth-order valence-corrected chi connectivity index (χ4v) is 4.73. The Kier molecular flexibility index (Phi) is 5.44. The zero-order chi connectivity index (χ0) is 18.7. The van der Waals surface area contributed by atoms with Gasteiger partial charge in [-0.05, 0) is 56.5 Å². The monoisotopic (exact) mass is 372 g/mol. The minimum absolute atomic E-state index is 0.126. The van der Waals surface area contributed by atoms with E-state index in [1.165, 1.54) is 4.31 Å². The van der Waals surface area contributed by atoms with Gasteiger partial charge in [0.05, 0.1) is 10.8 Å². The lowest BCUT2D eigenvalue weighted by Crippen LogP contribution is -2.43. The normalized spacial score (nSPS) is 18.5. The smallest absolute Gasteiger partial charge is 0.243 e. The lowest BCUT2D eigenvalue weighted by atomic mass is 9.98. The van der Waals surface area contributed by atoms with Crippen molar-refractivity contribution in [2.24, 2.45) is 5.92 Å². The van der Waals surface area contributed by atoms with Gasteiger partial charge in [-0.15, -0.1) is 0 Å². The van der Waals surface area contributed by atoms with Gasteiger partial charge < -0.3 is 5.32 Å². The number of nitrogens with one attached hydrogen (secondary N) is 1. The number of aryl methyl sites for hydroxylation is 2. The van der Waals surface area contributed by atoms with Crippen LogP contribution in [-0.2, 0) is 14.8 Å². The Labute approximate surface area is 155 Å². The molecule has 1 saturated heterocycles. The van der Waals surface area contributed by atoms with Crippen molar-refractivity contribution < 1.29 is 13.2 Å². The molecule has 26 heavy (non-hydrogen) atoms. The molecule has 1 N–H and O–H groups in total. The van der Waals surface area contributed by atoms with Gasteiger partial charge >= 0.3 is 0 Å². The fourth-order valence-electron chi connectivity index (χ4n) is 3.20. The average molecular weight is 372 g/mol. The molecule has 6 heteroatoms. The second kappa shape index (κ2) is 7.60. The van der Waals surface area contributed by atoms with Gasteiger partial charge in [-0.2, -0.15) is 4.31 Å². The minimum Gasteiger partial charge on any atom is -0.326 e. The standard InChI is InChI=1S/C20H24N2O3S/c1-15-8-10-19(11-9-15)26(24,25)22-12-4-6-17(14-22)20(23)21-18-7-3-5-16(2)13-18/h3,5,7-11,13,17H,4,6,12,14H2,1-2H3,(H,21,23)/t17-/m0/s1. The first-order valence-electron chi connectivity index (χ1n) is 8.80. The van der Waals surface area contributed by atoms with Gasteiger partial charge in [-0.25, -0.2) is 8.42 Å². The number of rotatable bonds is 4. The molecule has 0 radical (unpaired) electrons. The Hall–Kier alpha value is -2.18. The molecule has 2 aromatic rings. The van der Waals surface area contributed by atoms with E-state index in [2.05, 4.69) is 5.32 Å². The van der Waals surface area contributed by atoms with E-state index in [-0.39, 0.29) is 23.3 Å². The molecule has 0 aromatic heterocycles. The topological polar surface area (TPSA) is 66.5 Å². The summed E-state index contributed by atoms with van der Waals surface area (Å²) in [6.07, 6.45) is 1.37. The molecule has 0 bridgehead atoms. The van der Waals surface area contributed by atoms with Crippen LogP contribution in [0.3, 0.4) is 0 Å². The number of carbonyl (C=O) groups is 1. The molecule has 1 amide bonds. The van der Waals surface area contributed by atoms with E-state index < -0.39 is 10.0 Å². The molecule has 2 aromatic carbocycles. The molecule has 0 unspecified atom stereocenters. The van der Waals surface area contributed by atoms with E-state index in [4.69, 9.17) is 0 Å². The summed E-state index contributed by atoms with van der Waals surface area (Å²) in [6, 6.07) is 14.4. The minimum atomic E-state index is -3.57. The van der Waals surface area contributed by atoms with Crippen molar-refractivity contribution in [3.63, 3.8) is 0 Å². The van der Waals surface area contributed by atoms with Crippen molar-refractivity contribution >= 4 is 21.6 Å². The molecule has 1 fully saturated rings. The highest BCUT2D eigenvalue weighted by Crippen LogP contribution is 2.25. The van der Waals surface area contributed by atoms with Crippen LogP contribution in [0.4, 0.5) is 5.69 Å². The van der Waals surface area contributed by atoms with Crippen molar-refractivity contribution in [3.05, 3.63) is 59.7 Å². The van der Waals surface area contributed by atoms with E-state index in [0.29, 0.717) is 19.4 Å². The predicted octanol–water partition coefficient (Wildman–Crippen LogP) is 3.34. The number of hydrogen-bond donors (Lipinski definition) is 1. The number of sulfonamides is 1. The summed E-state index contributed by atoms with van der Waals surface area (Å²) in [6.45, 7) is 4.55. The molecule has 0 saturated carbocycles. The highest BCUT2D eigenvalue weighted by Gasteiger charge is 2.33. The molecule has 3 rings (SSSR count). The van der Waals surface area contributed by atoms with E-state index in [9.17, 15) is 13.2 Å². The Balaban J connectivity index is 1.72. The molecule has 1 aliphatic rings. The van der Waals surface area contributed by atoms with E-state index in [0.717, 1.165) is 16.8 Å². The van der Waals surface area contributed by atoms with Crippen molar-refractivity contribution in [2.75, 3.05) is 18.4 Å². The highest BCUT2D eigenvalue weighted by molar-refractivity contribution is 7.89. The maximum Gasteiger partial charge on any atom is 0.243 e. The molecule has 138 valence electrons. The van der Waals surface area contributed by atoms with Gasteiger partial charge in [0, 0.05) is 18.8 Å². The van der Waals surface area contributed by atoms with Crippen LogP contribution in [0, 0.1) is 19.8 Å². The molecule has 1 atom stereocenters. The van der Waals surface area contributed by atoms with Crippen LogP contribution < -0.4 is 5.32 Å². The lowest BCUT2D eigenvalue weighted by Gasteiger charge is -2.31. The summed E-state index contributed by atoms with van der Waals surface area (Å²) in [5, 5.41) is 2.91. The average Bonchev–Trinajstić information content (AvgIpc) is 2.62. The molecule has 1 aliphatic heterocycles. The number of anilines is 1. The third-order valence-electron chi connectivity index (χ3n) is 4.70.